The van der Waals surface area contributed by atoms with Gasteiger partial charge in [-0.1, -0.05) is 48.5 Å². The fourth-order valence-corrected chi connectivity index (χ4v) is 3.88. The average Bonchev–Trinajstić information content (AvgIpc) is 2.62. The Bertz CT molecular complexity index is 1070. The minimum atomic E-state index is -4.19. The smallest absolute Gasteiger partial charge is 0.243 e. The van der Waals surface area contributed by atoms with E-state index in [4.69, 9.17) is 0 Å². The number of hydrogen-bond donors (Lipinski definition) is 1. The van der Waals surface area contributed by atoms with Crippen molar-refractivity contribution in [2.24, 2.45) is 0 Å². The Hall–Kier alpha value is -2.77. The first-order valence-corrected chi connectivity index (χ1v) is 9.34. The van der Waals surface area contributed by atoms with Crippen molar-refractivity contribution in [1.29, 1.82) is 0 Å². The highest BCUT2D eigenvalue weighted by molar-refractivity contribution is 7.89. The number of carboxylic acids is 1. The normalized spacial score (nSPS) is 11.6. The van der Waals surface area contributed by atoms with Gasteiger partial charge >= 0.3 is 0 Å². The number of aromatic carboxylic acids is 1. The third kappa shape index (κ3) is 3.74. The Balaban J connectivity index is 1.79. The number of benzene rings is 3. The standard InChI is InChI=1S/C19H16FNO4S/c20-17-9-8-15(19(22)23)12-18(17)26(24,25)21-11-10-14-6-3-5-13-4-1-2-7-16(13)14/h1-9,12,21H,10-11H2,(H,22,23)/p-1. The van der Waals surface area contributed by atoms with E-state index in [1.54, 1.807) is 0 Å². The van der Waals surface area contributed by atoms with Gasteiger partial charge in [-0.05, 0) is 40.5 Å². The van der Waals surface area contributed by atoms with Crippen LogP contribution in [0.2, 0.25) is 0 Å². The van der Waals surface area contributed by atoms with Gasteiger partial charge in [0.1, 0.15) is 10.7 Å². The molecule has 7 heteroatoms. The summed E-state index contributed by atoms with van der Waals surface area (Å²) in [6.45, 7) is 0.0470. The van der Waals surface area contributed by atoms with Crippen molar-refractivity contribution in [2.45, 2.75) is 11.3 Å². The molecule has 0 aliphatic rings. The summed E-state index contributed by atoms with van der Waals surface area (Å²) >= 11 is 0. The molecule has 0 radical (unpaired) electrons. The Morgan fingerprint density at radius 2 is 1.77 bits per heavy atom. The lowest BCUT2D eigenvalue weighted by atomic mass is 10.0. The topological polar surface area (TPSA) is 86.3 Å². The molecule has 0 amide bonds. The number of carbonyl (C=O) groups is 1. The molecule has 0 aromatic heterocycles. The quantitative estimate of drug-likeness (QED) is 0.716. The molecule has 0 unspecified atom stereocenters. The first-order valence-electron chi connectivity index (χ1n) is 7.86. The van der Waals surface area contributed by atoms with E-state index in [0.717, 1.165) is 34.5 Å². The molecule has 0 fully saturated rings. The van der Waals surface area contributed by atoms with Crippen molar-refractivity contribution in [3.8, 4) is 0 Å². The molecule has 5 nitrogen and oxygen atoms in total. The molecular formula is C19H15FNO4S-. The second-order valence-electron chi connectivity index (χ2n) is 5.72. The van der Waals surface area contributed by atoms with E-state index >= 15 is 0 Å². The van der Waals surface area contributed by atoms with Crippen LogP contribution in [0.15, 0.2) is 65.6 Å². The summed E-state index contributed by atoms with van der Waals surface area (Å²) in [5.74, 6) is -2.59. The highest BCUT2D eigenvalue weighted by atomic mass is 32.2. The molecule has 134 valence electrons. The van der Waals surface area contributed by atoms with Gasteiger partial charge in [-0.25, -0.2) is 17.5 Å². The number of halogens is 1. The maximum Gasteiger partial charge on any atom is 0.243 e. The summed E-state index contributed by atoms with van der Waals surface area (Å²) in [5, 5.41) is 12.9. The van der Waals surface area contributed by atoms with Crippen molar-refractivity contribution in [3.63, 3.8) is 0 Å². The van der Waals surface area contributed by atoms with E-state index in [1.165, 1.54) is 0 Å². The van der Waals surface area contributed by atoms with Gasteiger partial charge in [0.05, 0.1) is 5.97 Å². The second-order valence-corrected chi connectivity index (χ2v) is 7.45. The minimum Gasteiger partial charge on any atom is -0.545 e. The predicted molar refractivity (Wildman–Crippen MR) is 93.6 cm³/mol. The molecule has 0 heterocycles. The molecule has 3 aromatic carbocycles. The van der Waals surface area contributed by atoms with Crippen LogP contribution in [0, 0.1) is 5.82 Å². The molecule has 0 aliphatic carbocycles. The fourth-order valence-electron chi connectivity index (χ4n) is 2.74. The SMILES string of the molecule is O=C([O-])c1ccc(F)c(S(=O)(=O)NCCc2cccc3ccccc23)c1. The van der Waals surface area contributed by atoms with Crippen LogP contribution in [0.1, 0.15) is 15.9 Å². The molecule has 1 N–H and O–H groups in total. The van der Waals surface area contributed by atoms with Gasteiger partial charge in [0.15, 0.2) is 0 Å². The number of rotatable bonds is 6. The van der Waals surface area contributed by atoms with E-state index in [9.17, 15) is 22.7 Å². The van der Waals surface area contributed by atoms with Gasteiger partial charge < -0.3 is 9.90 Å². The van der Waals surface area contributed by atoms with E-state index in [0.29, 0.717) is 6.42 Å². The third-order valence-electron chi connectivity index (χ3n) is 4.02. The summed E-state index contributed by atoms with van der Waals surface area (Å²) in [7, 11) is -4.19. The van der Waals surface area contributed by atoms with Gasteiger partial charge in [0.25, 0.3) is 0 Å². The zero-order valence-electron chi connectivity index (χ0n) is 13.6. The van der Waals surface area contributed by atoms with E-state index in [2.05, 4.69) is 4.72 Å². The van der Waals surface area contributed by atoms with Crippen LogP contribution < -0.4 is 9.83 Å². The molecule has 3 aromatic rings. The highest BCUT2D eigenvalue weighted by Gasteiger charge is 2.19. The van der Waals surface area contributed by atoms with Crippen molar-refractivity contribution in [1.82, 2.24) is 4.72 Å². The Morgan fingerprint density at radius 1 is 1.04 bits per heavy atom. The lowest BCUT2D eigenvalue weighted by Gasteiger charge is -2.11. The van der Waals surface area contributed by atoms with Crippen molar-refractivity contribution in [3.05, 3.63) is 77.6 Å². The number of carboxylic acid groups (broad SMARTS) is 1. The lowest BCUT2D eigenvalue weighted by molar-refractivity contribution is -0.255. The number of carbonyl (C=O) groups excluding carboxylic acids is 1. The second kappa shape index (κ2) is 7.23. The summed E-state index contributed by atoms with van der Waals surface area (Å²) in [6, 6.07) is 16.0. The molecular weight excluding hydrogens is 357 g/mol. The van der Waals surface area contributed by atoms with Crippen LogP contribution in [0.3, 0.4) is 0 Å². The van der Waals surface area contributed by atoms with Crippen LogP contribution >= 0.6 is 0 Å². The molecule has 0 atom stereocenters. The van der Waals surface area contributed by atoms with E-state index in [1.807, 2.05) is 42.5 Å². The van der Waals surface area contributed by atoms with Crippen LogP contribution in [-0.4, -0.2) is 20.9 Å². The monoisotopic (exact) mass is 372 g/mol. The zero-order valence-corrected chi connectivity index (χ0v) is 14.4. The van der Waals surface area contributed by atoms with Crippen molar-refractivity contribution < 1.29 is 22.7 Å². The maximum atomic E-state index is 13.9. The highest BCUT2D eigenvalue weighted by Crippen LogP contribution is 2.19. The maximum absolute atomic E-state index is 13.9. The van der Waals surface area contributed by atoms with Gasteiger partial charge in [-0.2, -0.15) is 0 Å². The van der Waals surface area contributed by atoms with Crippen LogP contribution in [0.4, 0.5) is 4.39 Å². The van der Waals surface area contributed by atoms with Crippen LogP contribution in [0.5, 0.6) is 0 Å². The average molecular weight is 372 g/mol. The predicted octanol–water partition coefficient (Wildman–Crippen LogP) is 1.86. The molecule has 3 rings (SSSR count). The molecule has 0 saturated heterocycles. The van der Waals surface area contributed by atoms with Gasteiger partial charge in [0.2, 0.25) is 10.0 Å². The number of sulfonamides is 1. The molecule has 0 bridgehead atoms. The largest absolute Gasteiger partial charge is 0.545 e. The first-order chi connectivity index (χ1) is 12.4. The number of fused-ring (bicyclic) bond motifs is 1. The number of hydrogen-bond acceptors (Lipinski definition) is 4. The zero-order chi connectivity index (χ0) is 18.7. The molecule has 0 spiro atoms. The molecule has 0 aliphatic heterocycles. The van der Waals surface area contributed by atoms with Crippen LogP contribution in [0.25, 0.3) is 10.8 Å². The van der Waals surface area contributed by atoms with E-state index < -0.39 is 32.3 Å². The van der Waals surface area contributed by atoms with E-state index in [-0.39, 0.29) is 6.54 Å². The molecule has 0 saturated carbocycles. The van der Waals surface area contributed by atoms with Crippen LogP contribution in [-0.2, 0) is 16.4 Å². The third-order valence-corrected chi connectivity index (χ3v) is 5.50. The van der Waals surface area contributed by atoms with Crippen molar-refractivity contribution in [2.75, 3.05) is 6.54 Å². The van der Waals surface area contributed by atoms with Gasteiger partial charge in [-0.15, -0.1) is 0 Å². The summed E-state index contributed by atoms with van der Waals surface area (Å²) in [4.78, 5) is 10.2. The number of nitrogens with one attached hydrogen (secondary N) is 1. The minimum absolute atomic E-state index is 0.0470. The van der Waals surface area contributed by atoms with Gasteiger partial charge in [-0.3, -0.25) is 0 Å². The Kier molecular flexibility index (Phi) is 5.01. The Morgan fingerprint density at radius 3 is 2.54 bits per heavy atom. The van der Waals surface area contributed by atoms with Crippen molar-refractivity contribution >= 4 is 26.8 Å². The first kappa shape index (κ1) is 18.0. The Labute approximate surface area is 150 Å². The summed E-state index contributed by atoms with van der Waals surface area (Å²) in [6.07, 6.45) is 0.405. The fraction of sp³-hybridized carbons (Fsp3) is 0.105. The molecule has 26 heavy (non-hydrogen) atoms. The van der Waals surface area contributed by atoms with Gasteiger partial charge in [0, 0.05) is 6.54 Å². The summed E-state index contributed by atoms with van der Waals surface area (Å²) in [5.41, 5.74) is 0.551. The summed E-state index contributed by atoms with van der Waals surface area (Å²) < 4.78 is 40.8. The lowest BCUT2D eigenvalue weighted by Crippen LogP contribution is -2.28.